The van der Waals surface area contributed by atoms with Crippen LogP contribution >= 0.6 is 0 Å². The summed E-state index contributed by atoms with van der Waals surface area (Å²) >= 11 is 0. The van der Waals surface area contributed by atoms with Crippen LogP contribution in [0.4, 0.5) is 0 Å². The zero-order chi connectivity index (χ0) is 7.73. The minimum Gasteiger partial charge on any atom is -0.198 e. The molecule has 2 aliphatic rings. The van der Waals surface area contributed by atoms with Crippen LogP contribution in [0, 0.1) is 22.7 Å². The number of rotatable bonds is 0. The van der Waals surface area contributed by atoms with Crippen LogP contribution < -0.4 is 0 Å². The SMILES string of the molecule is N#CC12CCCCC1CCC2. The molecule has 2 fully saturated rings. The average Bonchev–Trinajstić information content (AvgIpc) is 2.48. The molecule has 0 radical (unpaired) electrons. The van der Waals surface area contributed by atoms with Crippen LogP contribution in [0.3, 0.4) is 0 Å². The third-order valence-corrected chi connectivity index (χ3v) is 3.61. The van der Waals surface area contributed by atoms with E-state index in [1.807, 2.05) is 0 Å². The Balaban J connectivity index is 2.20. The van der Waals surface area contributed by atoms with E-state index in [-0.39, 0.29) is 5.41 Å². The van der Waals surface area contributed by atoms with Crippen LogP contribution in [0.1, 0.15) is 44.9 Å². The topological polar surface area (TPSA) is 23.8 Å². The van der Waals surface area contributed by atoms with Gasteiger partial charge in [-0.15, -0.1) is 0 Å². The summed E-state index contributed by atoms with van der Waals surface area (Å²) in [5, 5.41) is 9.10. The Kier molecular flexibility index (Phi) is 1.64. The van der Waals surface area contributed by atoms with E-state index < -0.39 is 0 Å². The van der Waals surface area contributed by atoms with E-state index in [1.165, 1.54) is 44.9 Å². The van der Waals surface area contributed by atoms with Crippen molar-refractivity contribution < 1.29 is 0 Å². The van der Waals surface area contributed by atoms with E-state index in [9.17, 15) is 0 Å². The van der Waals surface area contributed by atoms with E-state index in [1.54, 1.807) is 0 Å². The van der Waals surface area contributed by atoms with Crippen LogP contribution in [-0.2, 0) is 0 Å². The standard InChI is InChI=1S/C10H15N/c11-8-10-6-2-1-4-9(10)5-3-7-10/h9H,1-7H2. The minimum atomic E-state index is 0.137. The second kappa shape index (κ2) is 2.52. The summed E-state index contributed by atoms with van der Waals surface area (Å²) in [6.45, 7) is 0. The van der Waals surface area contributed by atoms with Gasteiger partial charge in [-0.05, 0) is 31.6 Å². The van der Waals surface area contributed by atoms with Crippen molar-refractivity contribution in [2.24, 2.45) is 11.3 Å². The van der Waals surface area contributed by atoms with Crippen molar-refractivity contribution >= 4 is 0 Å². The average molecular weight is 149 g/mol. The van der Waals surface area contributed by atoms with Gasteiger partial charge in [-0.2, -0.15) is 5.26 Å². The van der Waals surface area contributed by atoms with Gasteiger partial charge in [0.2, 0.25) is 0 Å². The molecule has 0 aromatic rings. The molecular weight excluding hydrogens is 134 g/mol. The molecule has 0 heterocycles. The van der Waals surface area contributed by atoms with Gasteiger partial charge >= 0.3 is 0 Å². The van der Waals surface area contributed by atoms with Gasteiger partial charge in [-0.25, -0.2) is 0 Å². The maximum absolute atomic E-state index is 9.10. The summed E-state index contributed by atoms with van der Waals surface area (Å²) < 4.78 is 0. The lowest BCUT2D eigenvalue weighted by Crippen LogP contribution is -2.27. The second-order valence-electron chi connectivity index (χ2n) is 4.10. The largest absolute Gasteiger partial charge is 0.198 e. The molecule has 2 aliphatic carbocycles. The van der Waals surface area contributed by atoms with Crippen LogP contribution in [0.2, 0.25) is 0 Å². The van der Waals surface area contributed by atoms with E-state index in [4.69, 9.17) is 5.26 Å². The Labute approximate surface area is 68.4 Å². The van der Waals surface area contributed by atoms with Crippen molar-refractivity contribution in [2.45, 2.75) is 44.9 Å². The zero-order valence-electron chi connectivity index (χ0n) is 6.97. The fourth-order valence-electron chi connectivity index (χ4n) is 2.93. The molecule has 0 aliphatic heterocycles. The number of nitriles is 1. The van der Waals surface area contributed by atoms with Gasteiger partial charge in [0.05, 0.1) is 11.5 Å². The first-order valence-electron chi connectivity index (χ1n) is 4.79. The normalized spacial score (nSPS) is 43.0. The molecular formula is C10H15N. The Morgan fingerprint density at radius 2 is 1.82 bits per heavy atom. The van der Waals surface area contributed by atoms with Gasteiger partial charge in [0.1, 0.15) is 0 Å². The Bertz CT molecular complexity index is 192. The van der Waals surface area contributed by atoms with Crippen molar-refractivity contribution in [1.29, 1.82) is 5.26 Å². The summed E-state index contributed by atoms with van der Waals surface area (Å²) in [6, 6.07) is 2.58. The summed E-state index contributed by atoms with van der Waals surface area (Å²) in [6.07, 6.45) is 9.00. The fraction of sp³-hybridized carbons (Fsp3) is 0.900. The molecule has 0 aromatic carbocycles. The van der Waals surface area contributed by atoms with Crippen LogP contribution in [0.15, 0.2) is 0 Å². The highest BCUT2D eigenvalue weighted by molar-refractivity contribution is 5.07. The van der Waals surface area contributed by atoms with Gasteiger partial charge in [-0.1, -0.05) is 19.3 Å². The lowest BCUT2D eigenvalue weighted by molar-refractivity contribution is 0.197. The molecule has 0 N–H and O–H groups in total. The fourth-order valence-corrected chi connectivity index (χ4v) is 2.93. The molecule has 1 heteroatoms. The van der Waals surface area contributed by atoms with Gasteiger partial charge in [0.15, 0.2) is 0 Å². The molecule has 0 bridgehead atoms. The smallest absolute Gasteiger partial charge is 0.0692 e. The lowest BCUT2D eigenvalue weighted by atomic mass is 9.69. The molecule has 1 nitrogen and oxygen atoms in total. The van der Waals surface area contributed by atoms with Gasteiger partial charge in [0.25, 0.3) is 0 Å². The first kappa shape index (κ1) is 7.16. The first-order valence-corrected chi connectivity index (χ1v) is 4.79. The van der Waals surface area contributed by atoms with E-state index in [0.717, 1.165) is 5.92 Å². The molecule has 2 rings (SSSR count). The number of nitrogens with zero attached hydrogens (tertiary/aromatic N) is 1. The third-order valence-electron chi connectivity index (χ3n) is 3.61. The highest BCUT2D eigenvalue weighted by Gasteiger charge is 2.44. The van der Waals surface area contributed by atoms with E-state index in [2.05, 4.69) is 6.07 Å². The van der Waals surface area contributed by atoms with Crippen molar-refractivity contribution in [3.8, 4) is 6.07 Å². The van der Waals surface area contributed by atoms with Crippen molar-refractivity contribution in [3.63, 3.8) is 0 Å². The number of fused-ring (bicyclic) bond motifs is 1. The zero-order valence-corrected chi connectivity index (χ0v) is 6.97. The van der Waals surface area contributed by atoms with E-state index >= 15 is 0 Å². The lowest BCUT2D eigenvalue weighted by Gasteiger charge is -2.32. The molecule has 60 valence electrons. The van der Waals surface area contributed by atoms with Gasteiger partial charge in [0, 0.05) is 0 Å². The highest BCUT2D eigenvalue weighted by Crippen LogP contribution is 2.51. The Morgan fingerprint density at radius 3 is 2.55 bits per heavy atom. The van der Waals surface area contributed by atoms with Gasteiger partial charge < -0.3 is 0 Å². The predicted molar refractivity (Wildman–Crippen MR) is 43.9 cm³/mol. The third kappa shape index (κ3) is 0.965. The van der Waals surface area contributed by atoms with E-state index in [0.29, 0.717) is 0 Å². The first-order chi connectivity index (χ1) is 5.37. The van der Waals surface area contributed by atoms with Crippen molar-refractivity contribution in [2.75, 3.05) is 0 Å². The predicted octanol–water partition coefficient (Wildman–Crippen LogP) is 2.87. The molecule has 0 saturated heterocycles. The maximum Gasteiger partial charge on any atom is 0.0692 e. The molecule has 0 aromatic heterocycles. The summed E-state index contributed by atoms with van der Waals surface area (Å²) in [5.41, 5.74) is 0.137. The molecule has 0 spiro atoms. The minimum absolute atomic E-state index is 0.137. The van der Waals surface area contributed by atoms with Crippen molar-refractivity contribution in [3.05, 3.63) is 0 Å². The quantitative estimate of drug-likeness (QED) is 0.519. The summed E-state index contributed by atoms with van der Waals surface area (Å²) in [4.78, 5) is 0. The Hall–Kier alpha value is -0.510. The molecule has 2 atom stereocenters. The summed E-state index contributed by atoms with van der Waals surface area (Å²) in [5.74, 6) is 0.765. The maximum atomic E-state index is 9.10. The number of hydrogen-bond acceptors (Lipinski definition) is 1. The van der Waals surface area contributed by atoms with Crippen LogP contribution in [-0.4, -0.2) is 0 Å². The van der Waals surface area contributed by atoms with Crippen LogP contribution in [0.25, 0.3) is 0 Å². The monoisotopic (exact) mass is 149 g/mol. The molecule has 11 heavy (non-hydrogen) atoms. The van der Waals surface area contributed by atoms with Crippen molar-refractivity contribution in [1.82, 2.24) is 0 Å². The molecule has 2 unspecified atom stereocenters. The summed E-state index contributed by atoms with van der Waals surface area (Å²) in [7, 11) is 0. The molecule has 2 saturated carbocycles. The second-order valence-corrected chi connectivity index (χ2v) is 4.10. The Morgan fingerprint density at radius 1 is 1.09 bits per heavy atom. The highest BCUT2D eigenvalue weighted by atomic mass is 14.5. The molecule has 0 amide bonds. The van der Waals surface area contributed by atoms with Crippen LogP contribution in [0.5, 0.6) is 0 Å². The number of hydrogen-bond donors (Lipinski definition) is 0. The van der Waals surface area contributed by atoms with Gasteiger partial charge in [-0.3, -0.25) is 0 Å².